The highest BCUT2D eigenvalue weighted by molar-refractivity contribution is 7.18. The Bertz CT molecular complexity index is 461. The number of nitrogen functional groups attached to an aromatic ring is 1. The molecule has 0 bridgehead atoms. The number of aromatic nitrogens is 1. The van der Waals surface area contributed by atoms with Crippen LogP contribution in [0, 0.1) is 0 Å². The number of thiazole rings is 1. The summed E-state index contributed by atoms with van der Waals surface area (Å²) in [6.45, 7) is 7.26. The van der Waals surface area contributed by atoms with Gasteiger partial charge in [-0.25, -0.2) is 4.98 Å². The highest BCUT2D eigenvalue weighted by Crippen LogP contribution is 2.26. The zero-order chi connectivity index (χ0) is 14.0. The third kappa shape index (κ3) is 2.98. The molecule has 1 unspecified atom stereocenters. The number of anilines is 2. The molecular weight excluding hydrogens is 262 g/mol. The molecular formula is C12H21N5OS. The second-order valence-corrected chi connectivity index (χ2v) is 5.84. The number of hydrogen-bond donors (Lipinski definition) is 2. The summed E-state index contributed by atoms with van der Waals surface area (Å²) in [6.07, 6.45) is 0. The van der Waals surface area contributed by atoms with Gasteiger partial charge in [0.2, 0.25) is 0 Å². The van der Waals surface area contributed by atoms with Crippen LogP contribution in [0.4, 0.5) is 10.9 Å². The molecule has 0 aromatic carbocycles. The first kappa shape index (κ1) is 14.1. The second kappa shape index (κ2) is 5.75. The predicted octanol–water partition coefficient (Wildman–Crippen LogP) is 0.933. The van der Waals surface area contributed by atoms with E-state index in [2.05, 4.69) is 29.2 Å². The van der Waals surface area contributed by atoms with Gasteiger partial charge in [-0.15, -0.1) is 0 Å². The summed E-state index contributed by atoms with van der Waals surface area (Å²) in [5.41, 5.74) is 5.84. The van der Waals surface area contributed by atoms with Crippen molar-refractivity contribution in [2.24, 2.45) is 0 Å². The Morgan fingerprint density at radius 3 is 2.95 bits per heavy atom. The zero-order valence-electron chi connectivity index (χ0n) is 11.6. The number of carbonyl (C=O) groups is 1. The highest BCUT2D eigenvalue weighted by atomic mass is 32.1. The highest BCUT2D eigenvalue weighted by Gasteiger charge is 2.27. The number of rotatable bonds is 3. The molecule has 1 saturated heterocycles. The third-order valence-electron chi connectivity index (χ3n) is 3.42. The Kier molecular flexibility index (Phi) is 4.26. The number of amides is 1. The molecule has 7 heteroatoms. The summed E-state index contributed by atoms with van der Waals surface area (Å²) in [4.78, 5) is 21.3. The van der Waals surface area contributed by atoms with Gasteiger partial charge >= 0.3 is 0 Å². The summed E-state index contributed by atoms with van der Waals surface area (Å²) >= 11 is 1.34. The summed E-state index contributed by atoms with van der Waals surface area (Å²) in [7, 11) is 2.08. The average Bonchev–Trinajstić information content (AvgIpc) is 2.73. The lowest BCUT2D eigenvalue weighted by Gasteiger charge is -2.37. The molecule has 2 heterocycles. The molecule has 3 N–H and O–H groups in total. The molecule has 1 aromatic heterocycles. The van der Waals surface area contributed by atoms with Crippen molar-refractivity contribution in [3.63, 3.8) is 0 Å². The Morgan fingerprint density at radius 1 is 1.58 bits per heavy atom. The SMILES string of the molecule is CCNc1nc(N)c(C(=O)N2CCN(C)C(C)C2)s1. The van der Waals surface area contributed by atoms with Crippen LogP contribution in [0.3, 0.4) is 0 Å². The quantitative estimate of drug-likeness (QED) is 0.863. The van der Waals surface area contributed by atoms with Crippen LogP contribution in [0.15, 0.2) is 0 Å². The van der Waals surface area contributed by atoms with Crippen molar-refractivity contribution < 1.29 is 4.79 Å². The summed E-state index contributed by atoms with van der Waals surface area (Å²) < 4.78 is 0. The number of nitrogens with zero attached hydrogens (tertiary/aromatic N) is 3. The summed E-state index contributed by atoms with van der Waals surface area (Å²) in [5, 5.41) is 3.80. The lowest BCUT2D eigenvalue weighted by molar-refractivity contribution is 0.0578. The standard InChI is InChI=1S/C12H21N5OS/c1-4-14-12-15-10(13)9(19-12)11(18)17-6-5-16(3)8(2)7-17/h8H,4-7,13H2,1-3H3,(H,14,15). The molecule has 1 fully saturated rings. The monoisotopic (exact) mass is 283 g/mol. The Hall–Kier alpha value is -1.34. The van der Waals surface area contributed by atoms with Crippen molar-refractivity contribution in [1.29, 1.82) is 0 Å². The minimum atomic E-state index is -0.000830. The van der Waals surface area contributed by atoms with Gasteiger partial charge in [-0.1, -0.05) is 11.3 Å². The van der Waals surface area contributed by atoms with E-state index in [1.54, 1.807) is 0 Å². The lowest BCUT2D eigenvalue weighted by atomic mass is 10.2. The van der Waals surface area contributed by atoms with Gasteiger partial charge in [0.25, 0.3) is 5.91 Å². The summed E-state index contributed by atoms with van der Waals surface area (Å²) in [5.74, 6) is 0.330. The van der Waals surface area contributed by atoms with Crippen LogP contribution in [0.1, 0.15) is 23.5 Å². The van der Waals surface area contributed by atoms with Gasteiger partial charge in [0.05, 0.1) is 0 Å². The first-order valence-electron chi connectivity index (χ1n) is 6.52. The third-order valence-corrected chi connectivity index (χ3v) is 4.44. The molecule has 0 saturated carbocycles. The molecule has 1 amide bonds. The first-order valence-corrected chi connectivity index (χ1v) is 7.34. The predicted molar refractivity (Wildman–Crippen MR) is 78.7 cm³/mol. The number of likely N-dealkylation sites (N-methyl/N-ethyl adjacent to an activating group) is 1. The van der Waals surface area contributed by atoms with Gasteiger partial charge in [0.15, 0.2) is 5.13 Å². The van der Waals surface area contributed by atoms with E-state index < -0.39 is 0 Å². The van der Waals surface area contributed by atoms with E-state index in [1.165, 1.54) is 11.3 Å². The van der Waals surface area contributed by atoms with Crippen molar-refractivity contribution in [3.05, 3.63) is 4.88 Å². The molecule has 19 heavy (non-hydrogen) atoms. The number of piperazine rings is 1. The van der Waals surface area contributed by atoms with Crippen LogP contribution in [0.25, 0.3) is 0 Å². The van der Waals surface area contributed by atoms with E-state index in [0.717, 1.165) is 26.2 Å². The molecule has 1 aromatic rings. The maximum atomic E-state index is 12.5. The molecule has 0 radical (unpaired) electrons. The fraction of sp³-hybridized carbons (Fsp3) is 0.667. The van der Waals surface area contributed by atoms with E-state index >= 15 is 0 Å². The molecule has 1 aliphatic heterocycles. The zero-order valence-corrected chi connectivity index (χ0v) is 12.5. The van der Waals surface area contributed by atoms with Gasteiger partial charge in [-0.3, -0.25) is 4.79 Å². The Balaban J connectivity index is 2.11. The maximum absolute atomic E-state index is 12.5. The van der Waals surface area contributed by atoms with E-state index in [1.807, 2.05) is 11.8 Å². The van der Waals surface area contributed by atoms with Crippen molar-refractivity contribution in [1.82, 2.24) is 14.8 Å². The number of nitrogens with one attached hydrogen (secondary N) is 1. The van der Waals surface area contributed by atoms with E-state index in [0.29, 0.717) is 21.9 Å². The molecule has 6 nitrogen and oxygen atoms in total. The van der Waals surface area contributed by atoms with E-state index in [4.69, 9.17) is 5.73 Å². The normalized spacial score (nSPS) is 20.6. The maximum Gasteiger partial charge on any atom is 0.267 e. The van der Waals surface area contributed by atoms with Gasteiger partial charge in [-0.05, 0) is 20.9 Å². The van der Waals surface area contributed by atoms with Crippen LogP contribution in [-0.2, 0) is 0 Å². The lowest BCUT2D eigenvalue weighted by Crippen LogP contribution is -2.51. The van der Waals surface area contributed by atoms with Crippen LogP contribution in [0.2, 0.25) is 0 Å². The van der Waals surface area contributed by atoms with E-state index in [-0.39, 0.29) is 5.91 Å². The topological polar surface area (TPSA) is 74.5 Å². The molecule has 1 atom stereocenters. The van der Waals surface area contributed by atoms with Crippen molar-refractivity contribution in [2.75, 3.05) is 44.3 Å². The molecule has 2 rings (SSSR count). The fourth-order valence-electron chi connectivity index (χ4n) is 2.09. The molecule has 1 aliphatic rings. The minimum absolute atomic E-state index is 0.000830. The van der Waals surface area contributed by atoms with Crippen molar-refractivity contribution >= 4 is 28.2 Å². The van der Waals surface area contributed by atoms with E-state index in [9.17, 15) is 4.79 Å². The Morgan fingerprint density at radius 2 is 2.32 bits per heavy atom. The van der Waals surface area contributed by atoms with Crippen LogP contribution in [-0.4, -0.2) is 60.0 Å². The number of hydrogen-bond acceptors (Lipinski definition) is 6. The minimum Gasteiger partial charge on any atom is -0.382 e. The smallest absolute Gasteiger partial charge is 0.267 e. The van der Waals surface area contributed by atoms with Gasteiger partial charge < -0.3 is 20.9 Å². The van der Waals surface area contributed by atoms with Crippen molar-refractivity contribution in [2.45, 2.75) is 19.9 Å². The molecule has 0 aliphatic carbocycles. The van der Waals surface area contributed by atoms with Crippen molar-refractivity contribution in [3.8, 4) is 0 Å². The fourth-order valence-corrected chi connectivity index (χ4v) is 3.01. The second-order valence-electron chi connectivity index (χ2n) is 4.84. The molecule has 106 valence electrons. The van der Waals surface area contributed by atoms with Gasteiger partial charge in [-0.2, -0.15) is 0 Å². The first-order chi connectivity index (χ1) is 9.02. The van der Waals surface area contributed by atoms with Gasteiger partial charge in [0, 0.05) is 32.2 Å². The Labute approximate surface area is 117 Å². The molecule has 0 spiro atoms. The van der Waals surface area contributed by atoms with Crippen LogP contribution < -0.4 is 11.1 Å². The summed E-state index contributed by atoms with van der Waals surface area (Å²) in [6, 6.07) is 0.375. The van der Waals surface area contributed by atoms with Crippen LogP contribution in [0.5, 0.6) is 0 Å². The largest absolute Gasteiger partial charge is 0.382 e. The number of carbonyl (C=O) groups excluding carboxylic acids is 1. The average molecular weight is 283 g/mol. The van der Waals surface area contributed by atoms with Crippen LogP contribution >= 0.6 is 11.3 Å². The number of nitrogens with two attached hydrogens (primary N) is 1. The van der Waals surface area contributed by atoms with Gasteiger partial charge in [0.1, 0.15) is 10.7 Å².